The van der Waals surface area contributed by atoms with Gasteiger partial charge < -0.3 is 10.6 Å². The van der Waals surface area contributed by atoms with E-state index in [9.17, 15) is 0 Å². The zero-order valence-electron chi connectivity index (χ0n) is 9.41. The Morgan fingerprint density at radius 1 is 1.21 bits per heavy atom. The van der Waals surface area contributed by atoms with Crippen molar-refractivity contribution in [2.45, 2.75) is 57.5 Å². The van der Waals surface area contributed by atoms with E-state index in [2.05, 4.69) is 11.8 Å². The molecule has 1 heterocycles. The minimum Gasteiger partial charge on any atom is -0.328 e. The summed E-state index contributed by atoms with van der Waals surface area (Å²) in [6.45, 7) is 4.99. The van der Waals surface area contributed by atoms with Gasteiger partial charge in [0, 0.05) is 12.1 Å². The lowest BCUT2D eigenvalue weighted by Crippen LogP contribution is -2.50. The lowest BCUT2D eigenvalue weighted by Gasteiger charge is -2.41. The second kappa shape index (κ2) is 4.63. The van der Waals surface area contributed by atoms with E-state index in [0.717, 1.165) is 12.0 Å². The van der Waals surface area contributed by atoms with E-state index >= 15 is 0 Å². The summed E-state index contributed by atoms with van der Waals surface area (Å²) in [6.07, 6.45) is 8.14. The third-order valence-electron chi connectivity index (χ3n) is 4.13. The first-order chi connectivity index (χ1) is 6.79. The van der Waals surface area contributed by atoms with Crippen molar-refractivity contribution in [3.05, 3.63) is 0 Å². The highest BCUT2D eigenvalue weighted by atomic mass is 15.2. The molecule has 2 fully saturated rings. The van der Waals surface area contributed by atoms with Crippen molar-refractivity contribution in [3.63, 3.8) is 0 Å². The molecule has 2 nitrogen and oxygen atoms in total. The van der Waals surface area contributed by atoms with Crippen molar-refractivity contribution in [3.8, 4) is 0 Å². The van der Waals surface area contributed by atoms with Crippen LogP contribution in [0.3, 0.4) is 0 Å². The standard InChI is InChI=1S/C12H24N2/c1-2-10-4-3-6-14(7-5-10)12-8-11(13)9-12/h10-12H,2-9,13H2,1H3. The Balaban J connectivity index is 1.78. The van der Waals surface area contributed by atoms with Crippen LogP contribution in [0.4, 0.5) is 0 Å². The minimum absolute atomic E-state index is 0.505. The number of rotatable bonds is 2. The predicted octanol–water partition coefficient (Wildman–Crippen LogP) is 1.99. The fraction of sp³-hybridized carbons (Fsp3) is 1.00. The summed E-state index contributed by atoms with van der Waals surface area (Å²) < 4.78 is 0. The summed E-state index contributed by atoms with van der Waals surface area (Å²) in [5.41, 5.74) is 5.84. The van der Waals surface area contributed by atoms with Gasteiger partial charge in [-0.3, -0.25) is 0 Å². The fourth-order valence-electron chi connectivity index (χ4n) is 2.89. The zero-order chi connectivity index (χ0) is 9.97. The SMILES string of the molecule is CCC1CCCN(C2CC(N)C2)CC1. The summed E-state index contributed by atoms with van der Waals surface area (Å²) >= 11 is 0. The molecule has 0 radical (unpaired) electrons. The largest absolute Gasteiger partial charge is 0.328 e. The molecule has 0 aromatic carbocycles. The summed E-state index contributed by atoms with van der Waals surface area (Å²) in [5, 5.41) is 0. The Labute approximate surface area is 87.8 Å². The minimum atomic E-state index is 0.505. The molecule has 2 rings (SSSR count). The van der Waals surface area contributed by atoms with Gasteiger partial charge in [0.05, 0.1) is 0 Å². The van der Waals surface area contributed by atoms with Gasteiger partial charge in [0.2, 0.25) is 0 Å². The monoisotopic (exact) mass is 196 g/mol. The first-order valence-electron chi connectivity index (χ1n) is 6.29. The molecule has 2 aliphatic rings. The summed E-state index contributed by atoms with van der Waals surface area (Å²) in [6, 6.07) is 1.34. The lowest BCUT2D eigenvalue weighted by molar-refractivity contribution is 0.113. The number of nitrogens with zero attached hydrogens (tertiary/aromatic N) is 1. The Morgan fingerprint density at radius 2 is 2.00 bits per heavy atom. The van der Waals surface area contributed by atoms with Crippen LogP contribution in [0.15, 0.2) is 0 Å². The first kappa shape index (κ1) is 10.4. The maximum absolute atomic E-state index is 5.84. The third kappa shape index (κ3) is 2.29. The fourth-order valence-corrected chi connectivity index (χ4v) is 2.89. The van der Waals surface area contributed by atoms with Crippen LogP contribution in [0.25, 0.3) is 0 Å². The highest BCUT2D eigenvalue weighted by Gasteiger charge is 2.31. The molecule has 0 aromatic rings. The molecule has 2 N–H and O–H groups in total. The van der Waals surface area contributed by atoms with E-state index < -0.39 is 0 Å². The topological polar surface area (TPSA) is 29.3 Å². The molecule has 1 saturated carbocycles. The molecule has 0 amide bonds. The van der Waals surface area contributed by atoms with Crippen molar-refractivity contribution in [2.75, 3.05) is 13.1 Å². The molecule has 2 heteroatoms. The molecule has 1 atom stereocenters. The van der Waals surface area contributed by atoms with Gasteiger partial charge in [-0.05, 0) is 51.1 Å². The molecule has 82 valence electrons. The van der Waals surface area contributed by atoms with Crippen LogP contribution in [-0.2, 0) is 0 Å². The first-order valence-corrected chi connectivity index (χ1v) is 6.29. The van der Waals surface area contributed by atoms with Gasteiger partial charge in [-0.25, -0.2) is 0 Å². The van der Waals surface area contributed by atoms with E-state index in [1.54, 1.807) is 0 Å². The van der Waals surface area contributed by atoms with Crippen molar-refractivity contribution in [1.82, 2.24) is 4.90 Å². The Kier molecular flexibility index (Phi) is 3.45. The van der Waals surface area contributed by atoms with Gasteiger partial charge in [0.15, 0.2) is 0 Å². The quantitative estimate of drug-likeness (QED) is 0.732. The third-order valence-corrected chi connectivity index (χ3v) is 4.13. The molecule has 14 heavy (non-hydrogen) atoms. The van der Waals surface area contributed by atoms with Crippen molar-refractivity contribution in [1.29, 1.82) is 0 Å². The normalized spacial score (nSPS) is 40.3. The highest BCUT2D eigenvalue weighted by Crippen LogP contribution is 2.28. The van der Waals surface area contributed by atoms with Gasteiger partial charge in [-0.1, -0.05) is 13.3 Å². The molecule has 1 unspecified atom stereocenters. The molecule has 1 aliphatic carbocycles. The Bertz CT molecular complexity index is 175. The van der Waals surface area contributed by atoms with Crippen LogP contribution in [-0.4, -0.2) is 30.1 Å². The van der Waals surface area contributed by atoms with Gasteiger partial charge in [-0.2, -0.15) is 0 Å². The highest BCUT2D eigenvalue weighted by molar-refractivity contribution is 4.90. The van der Waals surface area contributed by atoms with Gasteiger partial charge >= 0.3 is 0 Å². The van der Waals surface area contributed by atoms with E-state index in [0.29, 0.717) is 6.04 Å². The van der Waals surface area contributed by atoms with E-state index in [4.69, 9.17) is 5.73 Å². The summed E-state index contributed by atoms with van der Waals surface area (Å²) in [7, 11) is 0. The molecule has 0 spiro atoms. The molecule has 1 saturated heterocycles. The second-order valence-corrected chi connectivity index (χ2v) is 5.13. The van der Waals surface area contributed by atoms with Crippen molar-refractivity contribution < 1.29 is 0 Å². The molecule has 1 aliphatic heterocycles. The number of nitrogens with two attached hydrogens (primary N) is 1. The molecular weight excluding hydrogens is 172 g/mol. The van der Waals surface area contributed by atoms with Crippen molar-refractivity contribution >= 4 is 0 Å². The average molecular weight is 196 g/mol. The van der Waals surface area contributed by atoms with Crippen LogP contribution in [0, 0.1) is 5.92 Å². The number of likely N-dealkylation sites (tertiary alicyclic amines) is 1. The van der Waals surface area contributed by atoms with Crippen LogP contribution >= 0.6 is 0 Å². The van der Waals surface area contributed by atoms with E-state index in [1.165, 1.54) is 51.6 Å². The van der Waals surface area contributed by atoms with Gasteiger partial charge in [-0.15, -0.1) is 0 Å². The number of hydrogen-bond acceptors (Lipinski definition) is 2. The maximum atomic E-state index is 5.84. The smallest absolute Gasteiger partial charge is 0.0125 e. The summed E-state index contributed by atoms with van der Waals surface area (Å²) in [4.78, 5) is 2.69. The second-order valence-electron chi connectivity index (χ2n) is 5.13. The Hall–Kier alpha value is -0.0800. The predicted molar refractivity (Wildman–Crippen MR) is 60.2 cm³/mol. The van der Waals surface area contributed by atoms with Crippen LogP contribution in [0.5, 0.6) is 0 Å². The zero-order valence-corrected chi connectivity index (χ0v) is 9.41. The number of hydrogen-bond donors (Lipinski definition) is 1. The molecular formula is C12H24N2. The van der Waals surface area contributed by atoms with Crippen LogP contribution in [0.1, 0.15) is 45.4 Å². The van der Waals surface area contributed by atoms with Crippen LogP contribution < -0.4 is 5.73 Å². The van der Waals surface area contributed by atoms with E-state index in [-0.39, 0.29) is 0 Å². The summed E-state index contributed by atoms with van der Waals surface area (Å²) in [5.74, 6) is 0.994. The van der Waals surface area contributed by atoms with Gasteiger partial charge in [0.25, 0.3) is 0 Å². The van der Waals surface area contributed by atoms with Crippen molar-refractivity contribution in [2.24, 2.45) is 11.7 Å². The molecule has 0 bridgehead atoms. The maximum Gasteiger partial charge on any atom is 0.0125 e. The lowest BCUT2D eigenvalue weighted by atomic mass is 9.86. The Morgan fingerprint density at radius 3 is 2.64 bits per heavy atom. The van der Waals surface area contributed by atoms with E-state index in [1.807, 2.05) is 0 Å². The average Bonchev–Trinajstić information content (AvgIpc) is 2.37. The molecule has 0 aromatic heterocycles. The van der Waals surface area contributed by atoms with Crippen LogP contribution in [0.2, 0.25) is 0 Å². The van der Waals surface area contributed by atoms with Gasteiger partial charge in [0.1, 0.15) is 0 Å².